The zero-order chi connectivity index (χ0) is 22.8. The Morgan fingerprint density at radius 3 is 2.58 bits per heavy atom. The van der Waals surface area contributed by atoms with E-state index in [1.807, 2.05) is 24.4 Å². The molecule has 168 valence electrons. The van der Waals surface area contributed by atoms with E-state index in [0.29, 0.717) is 54.1 Å². The molecule has 9 heteroatoms. The van der Waals surface area contributed by atoms with Crippen LogP contribution in [-0.4, -0.2) is 39.4 Å². The molecule has 0 bridgehead atoms. The Morgan fingerprint density at radius 2 is 1.94 bits per heavy atom. The van der Waals surface area contributed by atoms with Gasteiger partial charge in [0.1, 0.15) is 11.4 Å². The van der Waals surface area contributed by atoms with Crippen molar-refractivity contribution in [2.75, 3.05) is 6.54 Å². The summed E-state index contributed by atoms with van der Waals surface area (Å²) in [7, 11) is 0. The number of amides is 2. The van der Waals surface area contributed by atoms with Crippen LogP contribution in [0.5, 0.6) is 11.6 Å². The summed E-state index contributed by atoms with van der Waals surface area (Å²) in [6, 6.07) is 12.4. The van der Waals surface area contributed by atoms with Crippen LogP contribution >= 0.6 is 0 Å². The van der Waals surface area contributed by atoms with Crippen LogP contribution in [0.1, 0.15) is 46.9 Å². The van der Waals surface area contributed by atoms with E-state index in [1.54, 1.807) is 18.2 Å². The number of hydrogen-bond acceptors (Lipinski definition) is 7. The molecule has 3 aromatic rings. The fraction of sp³-hybridized carbons (Fsp3) is 0.292. The van der Waals surface area contributed by atoms with Crippen molar-refractivity contribution in [2.45, 2.75) is 37.8 Å². The second-order valence-corrected chi connectivity index (χ2v) is 8.28. The highest BCUT2D eigenvalue weighted by atomic mass is 16.5. The minimum Gasteiger partial charge on any atom is -0.439 e. The largest absolute Gasteiger partial charge is 0.439 e. The molecule has 2 amide bonds. The molecule has 0 radical (unpaired) electrons. The number of pyridine rings is 1. The van der Waals surface area contributed by atoms with E-state index in [4.69, 9.17) is 10.5 Å². The number of nitrogens with one attached hydrogen (secondary N) is 2. The van der Waals surface area contributed by atoms with Gasteiger partial charge >= 0.3 is 0 Å². The first-order valence-electron chi connectivity index (χ1n) is 11.0. The van der Waals surface area contributed by atoms with Gasteiger partial charge in [0.25, 0.3) is 5.91 Å². The normalized spacial score (nSPS) is 17.6. The third-order valence-corrected chi connectivity index (χ3v) is 5.75. The first-order chi connectivity index (χ1) is 16.0. The molecule has 0 spiro atoms. The lowest BCUT2D eigenvalue weighted by molar-refractivity contribution is -0.120. The number of carbonyl (C=O) groups excluding carboxylic acids is 2. The lowest BCUT2D eigenvalue weighted by Crippen LogP contribution is -2.36. The van der Waals surface area contributed by atoms with Gasteiger partial charge in [0, 0.05) is 30.9 Å². The van der Waals surface area contributed by atoms with Gasteiger partial charge in [0.05, 0.1) is 11.7 Å². The fourth-order valence-electron chi connectivity index (χ4n) is 3.76. The standard InChI is InChI=1S/C24H24N6O3/c25-22(31)20-11-17(13-27-19-9-10-26-24(19)32)29-23(30-20)15-3-6-18(7-4-15)33-21-8-5-16(12-28-21)14-1-2-14/h3-8,11-12,14,19,27H,1-2,9-10,13H2,(H2,25,31)(H,26,32)/t19-/m0/s1. The van der Waals surface area contributed by atoms with Gasteiger partial charge in [-0.3, -0.25) is 9.59 Å². The predicted octanol–water partition coefficient (Wildman–Crippen LogP) is 2.29. The van der Waals surface area contributed by atoms with Crippen LogP contribution in [0.3, 0.4) is 0 Å². The highest BCUT2D eigenvalue weighted by Gasteiger charge is 2.24. The number of primary amides is 1. The Bertz CT molecular complexity index is 1180. The molecule has 4 N–H and O–H groups in total. The third-order valence-electron chi connectivity index (χ3n) is 5.75. The Hall–Kier alpha value is -3.85. The van der Waals surface area contributed by atoms with Crippen molar-refractivity contribution in [2.24, 2.45) is 5.73 Å². The summed E-state index contributed by atoms with van der Waals surface area (Å²) in [5.74, 6) is 1.51. The first-order valence-corrected chi connectivity index (χ1v) is 11.0. The summed E-state index contributed by atoms with van der Waals surface area (Å²) in [6.45, 7) is 0.963. The lowest BCUT2D eigenvalue weighted by Gasteiger charge is -2.11. The average Bonchev–Trinajstić information content (AvgIpc) is 3.60. The molecular formula is C24H24N6O3. The van der Waals surface area contributed by atoms with Crippen LogP contribution in [0.2, 0.25) is 0 Å². The first kappa shape index (κ1) is 21.0. The number of aromatic nitrogens is 3. The van der Waals surface area contributed by atoms with E-state index >= 15 is 0 Å². The summed E-state index contributed by atoms with van der Waals surface area (Å²) < 4.78 is 5.84. The van der Waals surface area contributed by atoms with Gasteiger partial charge in [-0.15, -0.1) is 0 Å². The van der Waals surface area contributed by atoms with Crippen molar-refractivity contribution in [3.05, 3.63) is 65.6 Å². The Morgan fingerprint density at radius 1 is 1.12 bits per heavy atom. The second kappa shape index (κ2) is 8.95. The SMILES string of the molecule is NC(=O)c1cc(CN[C@H]2CCNC2=O)nc(-c2ccc(Oc3ccc(C4CC4)cn3)cc2)n1. The van der Waals surface area contributed by atoms with Gasteiger partial charge in [0.2, 0.25) is 11.8 Å². The minimum atomic E-state index is -0.640. The highest BCUT2D eigenvalue weighted by Crippen LogP contribution is 2.40. The number of ether oxygens (including phenoxy) is 1. The van der Waals surface area contributed by atoms with Crippen LogP contribution in [0, 0.1) is 0 Å². The number of nitrogens with two attached hydrogens (primary N) is 1. The predicted molar refractivity (Wildman–Crippen MR) is 121 cm³/mol. The van der Waals surface area contributed by atoms with Crippen molar-refractivity contribution >= 4 is 11.8 Å². The maximum atomic E-state index is 11.8. The molecule has 1 aliphatic heterocycles. The zero-order valence-corrected chi connectivity index (χ0v) is 18.0. The molecule has 33 heavy (non-hydrogen) atoms. The summed E-state index contributed by atoms with van der Waals surface area (Å²) in [6.07, 6.45) is 5.04. The van der Waals surface area contributed by atoms with E-state index in [1.165, 1.54) is 18.4 Å². The van der Waals surface area contributed by atoms with Crippen LogP contribution < -0.4 is 21.1 Å². The van der Waals surface area contributed by atoms with Gasteiger partial charge in [-0.05, 0) is 61.1 Å². The molecule has 2 aromatic heterocycles. The van der Waals surface area contributed by atoms with Crippen molar-refractivity contribution in [1.82, 2.24) is 25.6 Å². The summed E-state index contributed by atoms with van der Waals surface area (Å²) >= 11 is 0. The van der Waals surface area contributed by atoms with Gasteiger partial charge in [-0.2, -0.15) is 0 Å². The third kappa shape index (κ3) is 4.98. The monoisotopic (exact) mass is 444 g/mol. The maximum Gasteiger partial charge on any atom is 0.267 e. The topological polar surface area (TPSA) is 132 Å². The molecule has 1 atom stereocenters. The van der Waals surface area contributed by atoms with Gasteiger partial charge < -0.3 is 21.1 Å². The van der Waals surface area contributed by atoms with Gasteiger partial charge in [-0.25, -0.2) is 15.0 Å². The van der Waals surface area contributed by atoms with Crippen LogP contribution in [0.15, 0.2) is 48.7 Å². The number of carbonyl (C=O) groups is 2. The Kier molecular flexibility index (Phi) is 5.70. The van der Waals surface area contributed by atoms with E-state index in [0.717, 1.165) is 0 Å². The van der Waals surface area contributed by atoms with Crippen LogP contribution in [-0.2, 0) is 11.3 Å². The Labute approximate surface area is 190 Å². The smallest absolute Gasteiger partial charge is 0.267 e. The second-order valence-electron chi connectivity index (χ2n) is 8.28. The molecule has 1 aromatic carbocycles. The van der Waals surface area contributed by atoms with Crippen molar-refractivity contribution in [3.63, 3.8) is 0 Å². The maximum absolute atomic E-state index is 11.8. The number of benzene rings is 1. The van der Waals surface area contributed by atoms with Crippen molar-refractivity contribution in [3.8, 4) is 23.0 Å². The fourth-order valence-corrected chi connectivity index (χ4v) is 3.76. The average molecular weight is 444 g/mol. The molecule has 3 heterocycles. The molecule has 1 saturated carbocycles. The van der Waals surface area contributed by atoms with E-state index < -0.39 is 5.91 Å². The number of rotatable bonds is 8. The molecule has 1 aliphatic carbocycles. The number of hydrogen-bond donors (Lipinski definition) is 3. The van der Waals surface area contributed by atoms with Crippen molar-refractivity contribution in [1.29, 1.82) is 0 Å². The van der Waals surface area contributed by atoms with E-state index in [2.05, 4.69) is 31.7 Å². The number of nitrogens with zero attached hydrogens (tertiary/aromatic N) is 3. The molecule has 2 fully saturated rings. The zero-order valence-electron chi connectivity index (χ0n) is 18.0. The van der Waals surface area contributed by atoms with E-state index in [9.17, 15) is 9.59 Å². The summed E-state index contributed by atoms with van der Waals surface area (Å²) in [5, 5.41) is 5.94. The van der Waals surface area contributed by atoms with Gasteiger partial charge in [-0.1, -0.05) is 6.07 Å². The van der Waals surface area contributed by atoms with Gasteiger partial charge in [0.15, 0.2) is 5.82 Å². The Balaban J connectivity index is 1.31. The highest BCUT2D eigenvalue weighted by molar-refractivity contribution is 5.91. The summed E-state index contributed by atoms with van der Waals surface area (Å²) in [5.41, 5.74) is 8.13. The molecule has 9 nitrogen and oxygen atoms in total. The molecular weight excluding hydrogens is 420 g/mol. The lowest BCUT2D eigenvalue weighted by atomic mass is 10.2. The molecule has 0 unspecified atom stereocenters. The minimum absolute atomic E-state index is 0.0355. The van der Waals surface area contributed by atoms with Crippen LogP contribution in [0.25, 0.3) is 11.4 Å². The van der Waals surface area contributed by atoms with Crippen molar-refractivity contribution < 1.29 is 14.3 Å². The quantitative estimate of drug-likeness (QED) is 0.486. The molecule has 1 saturated heterocycles. The van der Waals surface area contributed by atoms with E-state index in [-0.39, 0.29) is 17.6 Å². The molecule has 2 aliphatic rings. The van der Waals surface area contributed by atoms with Crippen LogP contribution in [0.4, 0.5) is 0 Å². The summed E-state index contributed by atoms with van der Waals surface area (Å²) in [4.78, 5) is 36.8. The molecule has 5 rings (SSSR count).